The molecule has 1 aliphatic carbocycles. The maximum atomic E-state index is 12.3. The molecule has 2 N–H and O–H groups in total. The lowest BCUT2D eigenvalue weighted by atomic mass is 9.96. The summed E-state index contributed by atoms with van der Waals surface area (Å²) in [6.45, 7) is -1.69. The van der Waals surface area contributed by atoms with Gasteiger partial charge in [-0.2, -0.15) is 0 Å². The number of Topliss-reactive ketones (excluding diaryl/α,β-unsaturated/α-hetero) is 1. The Morgan fingerprint density at radius 2 is 2.04 bits per heavy atom. The van der Waals surface area contributed by atoms with Gasteiger partial charge in [0.1, 0.15) is 5.69 Å². The summed E-state index contributed by atoms with van der Waals surface area (Å²) in [5, 5.41) is 0.902. The highest BCUT2D eigenvalue weighted by Gasteiger charge is 2.25. The topological polar surface area (TPSA) is 79.7 Å². The monoisotopic (exact) mass is 391 g/mol. The lowest BCUT2D eigenvalue weighted by molar-refractivity contribution is 0.0992. The number of carbonyl (C=O) groups is 1. The first-order chi connectivity index (χ1) is 12.4. The molecule has 5 nitrogen and oxygen atoms in total. The molecule has 2 aromatic rings. The van der Waals surface area contributed by atoms with Crippen molar-refractivity contribution in [2.75, 3.05) is 0 Å². The lowest BCUT2D eigenvalue weighted by Gasteiger charge is -2.19. The molecule has 0 amide bonds. The number of nitrogens with zero attached hydrogens (tertiary/aromatic N) is 1. The van der Waals surface area contributed by atoms with Gasteiger partial charge in [-0.15, -0.1) is 0 Å². The number of unbranched alkanes of at least 4 members (excludes halogenated alkanes) is 3. The van der Waals surface area contributed by atoms with Gasteiger partial charge in [-0.25, -0.2) is 4.98 Å². The Morgan fingerprint density at radius 1 is 1.23 bits per heavy atom. The Morgan fingerprint density at radius 3 is 2.77 bits per heavy atom. The van der Waals surface area contributed by atoms with E-state index in [1.165, 1.54) is 30.9 Å². The molecule has 0 spiro atoms. The van der Waals surface area contributed by atoms with Crippen LogP contribution in [0.15, 0.2) is 30.3 Å². The number of allylic oxidation sites excluding steroid dienone is 1. The summed E-state index contributed by atoms with van der Waals surface area (Å²) in [4.78, 5) is 35.7. The van der Waals surface area contributed by atoms with Crippen molar-refractivity contribution in [1.82, 2.24) is 4.98 Å². The predicted octanol–water partition coefficient (Wildman–Crippen LogP) is 4.51. The van der Waals surface area contributed by atoms with Gasteiger partial charge in [0.15, 0.2) is 11.5 Å². The van der Waals surface area contributed by atoms with Crippen LogP contribution in [0.3, 0.4) is 0 Å². The highest BCUT2D eigenvalue weighted by molar-refractivity contribution is 8.06. The van der Waals surface area contributed by atoms with Crippen LogP contribution < -0.4 is 0 Å². The smallest absolute Gasteiger partial charge is 0.375 e. The van der Waals surface area contributed by atoms with Crippen molar-refractivity contribution in [3.05, 3.63) is 47.2 Å². The second kappa shape index (κ2) is 7.97. The van der Waals surface area contributed by atoms with E-state index in [1.54, 1.807) is 0 Å². The maximum Gasteiger partial charge on any atom is 0.375 e. The second-order valence-electron chi connectivity index (χ2n) is 6.50. The molecular weight excluding hydrogens is 369 g/mol. The fourth-order valence-corrected chi connectivity index (χ4v) is 3.80. The maximum absolute atomic E-state index is 12.3. The predicted molar refractivity (Wildman–Crippen MR) is 106 cm³/mol. The summed E-state index contributed by atoms with van der Waals surface area (Å²) in [6.07, 6.45) is 7.45. The fourth-order valence-electron chi connectivity index (χ4n) is 3.14. The summed E-state index contributed by atoms with van der Waals surface area (Å²) in [7, 11) is 0. The first-order valence-corrected chi connectivity index (χ1v) is 11.4. The minimum atomic E-state index is -3.88. The number of carbonyl (C=O) groups excluding carboxylic acids is 1. The van der Waals surface area contributed by atoms with Gasteiger partial charge in [-0.3, -0.25) is 4.79 Å². The Kier molecular flexibility index (Phi) is 5.88. The van der Waals surface area contributed by atoms with Crippen molar-refractivity contribution < 1.29 is 19.1 Å². The molecule has 1 aromatic carbocycles. The van der Waals surface area contributed by atoms with E-state index in [9.17, 15) is 14.6 Å². The average Bonchev–Trinajstić information content (AvgIpc) is 2.59. The Hall–Kier alpha value is -1.59. The molecule has 0 radical (unpaired) electrons. The summed E-state index contributed by atoms with van der Waals surface area (Å²) in [5.74, 6) is 0.0951. The third kappa shape index (κ3) is 4.57. The van der Waals surface area contributed by atoms with Gasteiger partial charge in [0, 0.05) is 29.2 Å². The third-order valence-corrected chi connectivity index (χ3v) is 5.08. The van der Waals surface area contributed by atoms with Crippen LogP contribution in [0.25, 0.3) is 16.7 Å². The average molecular weight is 391 g/mol. The van der Waals surface area contributed by atoms with Gasteiger partial charge in [-0.1, -0.05) is 32.3 Å². The number of fused-ring (bicyclic) bond motifs is 2. The van der Waals surface area contributed by atoms with Crippen LogP contribution in [0, 0.1) is 0 Å². The molecule has 0 saturated heterocycles. The van der Waals surface area contributed by atoms with Gasteiger partial charge < -0.3 is 14.3 Å². The SMILES string of the molecule is CCCCCCc1ccc2nc3c(cc2c1)C(=O)CC=C3OP(O)(O)=S. The summed E-state index contributed by atoms with van der Waals surface area (Å²) in [5.41, 5.74) is 2.71. The van der Waals surface area contributed by atoms with Crippen molar-refractivity contribution in [3.63, 3.8) is 0 Å². The number of rotatable bonds is 7. The molecule has 138 valence electrons. The normalized spacial score (nSPS) is 14.3. The lowest BCUT2D eigenvalue weighted by Crippen LogP contribution is -2.11. The van der Waals surface area contributed by atoms with Crippen molar-refractivity contribution in [3.8, 4) is 0 Å². The summed E-state index contributed by atoms with van der Waals surface area (Å²) in [6, 6.07) is 7.85. The summed E-state index contributed by atoms with van der Waals surface area (Å²) < 4.78 is 5.09. The van der Waals surface area contributed by atoms with Crippen LogP contribution in [0.1, 0.15) is 60.6 Å². The van der Waals surface area contributed by atoms with Gasteiger partial charge >= 0.3 is 6.72 Å². The van der Waals surface area contributed by atoms with Crippen LogP contribution in [0.5, 0.6) is 0 Å². The number of benzene rings is 1. The zero-order chi connectivity index (χ0) is 18.7. The molecule has 0 bridgehead atoms. The number of pyridine rings is 1. The van der Waals surface area contributed by atoms with Gasteiger partial charge in [0.05, 0.1) is 5.52 Å². The Labute approximate surface area is 158 Å². The number of hydrogen-bond donors (Lipinski definition) is 2. The fraction of sp³-hybridized carbons (Fsp3) is 0.368. The third-order valence-electron chi connectivity index (χ3n) is 4.42. The van der Waals surface area contributed by atoms with Crippen LogP contribution in [0.4, 0.5) is 0 Å². The van der Waals surface area contributed by atoms with Crippen molar-refractivity contribution in [2.24, 2.45) is 0 Å². The number of ketones is 1. The van der Waals surface area contributed by atoms with E-state index in [2.05, 4.69) is 29.8 Å². The van der Waals surface area contributed by atoms with Gasteiger partial charge in [0.2, 0.25) is 0 Å². The molecule has 0 aliphatic heterocycles. The Bertz CT molecular complexity index is 919. The van der Waals surface area contributed by atoms with Crippen LogP contribution in [-0.4, -0.2) is 20.6 Å². The van der Waals surface area contributed by atoms with E-state index in [-0.39, 0.29) is 18.0 Å². The molecule has 1 aliphatic rings. The highest BCUT2D eigenvalue weighted by Crippen LogP contribution is 2.44. The molecule has 26 heavy (non-hydrogen) atoms. The second-order valence-corrected chi connectivity index (χ2v) is 9.09. The standard InChI is InChI=1S/C19H22NO4PS/c1-2-3-4-5-6-13-7-8-16-14(11-13)12-15-17(21)9-10-18(19(15)20-16)24-25(22,23)26/h7-8,10-12H,2-6,9H2,1H3,(H2,22,23,26). The quantitative estimate of drug-likeness (QED) is 0.534. The molecule has 7 heteroatoms. The van der Waals surface area contributed by atoms with Crippen LogP contribution >= 0.6 is 6.72 Å². The van der Waals surface area contributed by atoms with E-state index in [1.807, 2.05) is 18.2 Å². The molecular formula is C19H22NO4PS. The number of aryl methyl sites for hydroxylation is 1. The van der Waals surface area contributed by atoms with Crippen molar-refractivity contribution in [2.45, 2.75) is 45.4 Å². The van der Waals surface area contributed by atoms with E-state index < -0.39 is 6.72 Å². The number of hydrogen-bond acceptors (Lipinski definition) is 4. The largest absolute Gasteiger partial charge is 0.422 e. The summed E-state index contributed by atoms with van der Waals surface area (Å²) >= 11 is 4.54. The van der Waals surface area contributed by atoms with Crippen LogP contribution in [0.2, 0.25) is 0 Å². The molecule has 1 heterocycles. The molecule has 0 fully saturated rings. The van der Waals surface area contributed by atoms with Gasteiger partial charge in [0.25, 0.3) is 0 Å². The van der Waals surface area contributed by atoms with E-state index in [0.717, 1.165) is 23.7 Å². The first-order valence-electron chi connectivity index (χ1n) is 8.80. The van der Waals surface area contributed by atoms with E-state index in [0.29, 0.717) is 11.3 Å². The minimum Gasteiger partial charge on any atom is -0.422 e. The van der Waals surface area contributed by atoms with Crippen molar-refractivity contribution in [1.29, 1.82) is 0 Å². The zero-order valence-corrected chi connectivity index (χ0v) is 16.4. The molecule has 1 aromatic heterocycles. The van der Waals surface area contributed by atoms with E-state index >= 15 is 0 Å². The van der Waals surface area contributed by atoms with Gasteiger partial charge in [-0.05, 0) is 42.7 Å². The first kappa shape index (κ1) is 19.2. The minimum absolute atomic E-state index is 0.0701. The molecule has 0 saturated carbocycles. The molecule has 0 atom stereocenters. The highest BCUT2D eigenvalue weighted by atomic mass is 32.5. The Balaban J connectivity index is 1.93. The number of aromatic nitrogens is 1. The molecule has 3 rings (SSSR count). The van der Waals surface area contributed by atoms with Crippen molar-refractivity contribution >= 4 is 41.0 Å². The zero-order valence-electron chi connectivity index (χ0n) is 14.6. The van der Waals surface area contributed by atoms with E-state index in [4.69, 9.17) is 4.52 Å². The molecule has 0 unspecified atom stereocenters. The van der Waals surface area contributed by atoms with Crippen LogP contribution in [-0.2, 0) is 22.8 Å².